The van der Waals surface area contributed by atoms with E-state index in [1.54, 1.807) is 12.1 Å². The zero-order valence-corrected chi connectivity index (χ0v) is 12.8. The molecule has 7 heteroatoms. The Hall–Kier alpha value is -1.76. The van der Waals surface area contributed by atoms with E-state index in [0.29, 0.717) is 34.5 Å². The van der Waals surface area contributed by atoms with Crippen molar-refractivity contribution in [1.29, 1.82) is 0 Å². The van der Waals surface area contributed by atoms with Crippen LogP contribution in [0.4, 0.5) is 0 Å². The fourth-order valence-electron chi connectivity index (χ4n) is 1.59. The van der Waals surface area contributed by atoms with Crippen LogP contribution < -0.4 is 14.8 Å². The molecule has 0 bridgehead atoms. The van der Waals surface area contributed by atoms with Crippen LogP contribution in [0.3, 0.4) is 0 Å². The third kappa shape index (κ3) is 4.41. The van der Waals surface area contributed by atoms with Crippen LogP contribution in [0.25, 0.3) is 0 Å². The first-order chi connectivity index (χ1) is 9.49. The lowest BCUT2D eigenvalue weighted by Gasteiger charge is -2.12. The minimum Gasteiger partial charge on any atom is -0.493 e. The van der Waals surface area contributed by atoms with Gasteiger partial charge in [0.25, 0.3) is 5.91 Å². The third-order valence-corrected chi connectivity index (χ3v) is 3.14. The highest BCUT2D eigenvalue weighted by atomic mass is 79.9. The molecule has 0 aliphatic carbocycles. The summed E-state index contributed by atoms with van der Waals surface area (Å²) >= 11 is 3.31. The first kappa shape index (κ1) is 16.3. The second-order valence-electron chi connectivity index (χ2n) is 3.95. The first-order valence-electron chi connectivity index (χ1n) is 5.91. The van der Waals surface area contributed by atoms with Crippen molar-refractivity contribution in [1.82, 2.24) is 5.32 Å². The Morgan fingerprint density at radius 2 is 2.00 bits per heavy atom. The van der Waals surface area contributed by atoms with Crippen molar-refractivity contribution in [3.63, 3.8) is 0 Å². The van der Waals surface area contributed by atoms with Gasteiger partial charge in [-0.25, -0.2) is 0 Å². The van der Waals surface area contributed by atoms with Gasteiger partial charge in [-0.1, -0.05) is 0 Å². The molecule has 0 saturated carbocycles. The Kier molecular flexibility index (Phi) is 6.30. The summed E-state index contributed by atoms with van der Waals surface area (Å²) in [5, 5.41) is 11.2. The highest BCUT2D eigenvalue weighted by Crippen LogP contribution is 2.36. The van der Waals surface area contributed by atoms with Crippen LogP contribution in [0.5, 0.6) is 11.5 Å². The molecule has 0 aromatic heterocycles. The van der Waals surface area contributed by atoms with E-state index in [9.17, 15) is 9.59 Å². The maximum Gasteiger partial charge on any atom is 0.303 e. The lowest BCUT2D eigenvalue weighted by atomic mass is 10.2. The topological polar surface area (TPSA) is 84.9 Å². The molecule has 0 aliphatic heterocycles. The molecule has 0 saturated heterocycles. The predicted octanol–water partition coefficient (Wildman–Crippen LogP) is 2.06. The molecule has 6 nitrogen and oxygen atoms in total. The number of hydrogen-bond donors (Lipinski definition) is 2. The number of hydrogen-bond acceptors (Lipinski definition) is 4. The van der Waals surface area contributed by atoms with E-state index in [4.69, 9.17) is 14.6 Å². The van der Waals surface area contributed by atoms with Gasteiger partial charge >= 0.3 is 5.97 Å². The van der Waals surface area contributed by atoms with Crippen molar-refractivity contribution in [3.8, 4) is 11.5 Å². The van der Waals surface area contributed by atoms with Crippen molar-refractivity contribution in [2.45, 2.75) is 12.8 Å². The maximum absolute atomic E-state index is 11.9. The molecular weight excluding hydrogens is 330 g/mol. The molecule has 110 valence electrons. The molecule has 0 unspecified atom stereocenters. The molecule has 0 aliphatic rings. The van der Waals surface area contributed by atoms with Gasteiger partial charge in [0, 0.05) is 18.5 Å². The quantitative estimate of drug-likeness (QED) is 0.739. The molecule has 1 aromatic carbocycles. The molecule has 0 atom stereocenters. The predicted molar refractivity (Wildman–Crippen MR) is 76.4 cm³/mol. The molecule has 0 fully saturated rings. The summed E-state index contributed by atoms with van der Waals surface area (Å²) in [6.07, 6.45) is 0.408. The van der Waals surface area contributed by atoms with Crippen molar-refractivity contribution >= 4 is 27.8 Å². The SMILES string of the molecule is COc1cc(C(=O)NCCCC(=O)O)cc(Br)c1OC. The number of amides is 1. The summed E-state index contributed by atoms with van der Waals surface area (Å²) in [6.45, 7) is 0.303. The molecule has 1 amide bonds. The number of carbonyl (C=O) groups is 2. The average molecular weight is 346 g/mol. The molecule has 0 spiro atoms. The van der Waals surface area contributed by atoms with Crippen LogP contribution in [0, 0.1) is 0 Å². The maximum atomic E-state index is 11.9. The van der Waals surface area contributed by atoms with E-state index in [-0.39, 0.29) is 12.3 Å². The highest BCUT2D eigenvalue weighted by Gasteiger charge is 2.14. The van der Waals surface area contributed by atoms with E-state index >= 15 is 0 Å². The summed E-state index contributed by atoms with van der Waals surface area (Å²) in [6, 6.07) is 3.18. The van der Waals surface area contributed by atoms with Gasteiger partial charge in [-0.05, 0) is 34.5 Å². The zero-order chi connectivity index (χ0) is 15.1. The highest BCUT2D eigenvalue weighted by molar-refractivity contribution is 9.10. The molecule has 1 rings (SSSR count). The van der Waals surface area contributed by atoms with Gasteiger partial charge in [0.2, 0.25) is 0 Å². The smallest absolute Gasteiger partial charge is 0.303 e. The number of carboxylic acid groups (broad SMARTS) is 1. The van der Waals surface area contributed by atoms with Crippen molar-refractivity contribution < 1.29 is 24.2 Å². The monoisotopic (exact) mass is 345 g/mol. The lowest BCUT2D eigenvalue weighted by molar-refractivity contribution is -0.137. The van der Waals surface area contributed by atoms with Gasteiger partial charge in [0.15, 0.2) is 11.5 Å². The average Bonchev–Trinajstić information content (AvgIpc) is 2.42. The fraction of sp³-hybridized carbons (Fsp3) is 0.385. The second-order valence-corrected chi connectivity index (χ2v) is 4.80. The first-order valence-corrected chi connectivity index (χ1v) is 6.70. The Morgan fingerprint density at radius 1 is 1.30 bits per heavy atom. The lowest BCUT2D eigenvalue weighted by Crippen LogP contribution is -2.25. The van der Waals surface area contributed by atoms with Gasteiger partial charge < -0.3 is 19.9 Å². The van der Waals surface area contributed by atoms with Crippen LogP contribution >= 0.6 is 15.9 Å². The number of carboxylic acids is 1. The summed E-state index contributed by atoms with van der Waals surface area (Å²) in [4.78, 5) is 22.3. The molecule has 0 radical (unpaired) electrons. The summed E-state index contributed by atoms with van der Waals surface area (Å²) in [5.41, 5.74) is 0.407. The molecular formula is C13H16BrNO5. The van der Waals surface area contributed by atoms with Crippen molar-refractivity contribution in [2.75, 3.05) is 20.8 Å². The van der Waals surface area contributed by atoms with Gasteiger partial charge in [-0.3, -0.25) is 9.59 Å². The third-order valence-electron chi connectivity index (χ3n) is 2.55. The number of halogens is 1. The largest absolute Gasteiger partial charge is 0.493 e. The minimum absolute atomic E-state index is 0.0237. The number of ether oxygens (including phenoxy) is 2. The molecule has 1 aromatic rings. The summed E-state index contributed by atoms with van der Waals surface area (Å²) < 4.78 is 10.9. The molecule has 0 heterocycles. The van der Waals surface area contributed by atoms with E-state index < -0.39 is 5.97 Å². The van der Waals surface area contributed by atoms with E-state index in [0.717, 1.165) is 0 Å². The van der Waals surface area contributed by atoms with Crippen LogP contribution in [-0.4, -0.2) is 37.7 Å². The Morgan fingerprint density at radius 3 is 2.55 bits per heavy atom. The van der Waals surface area contributed by atoms with Gasteiger partial charge in [0.1, 0.15) is 0 Å². The van der Waals surface area contributed by atoms with Crippen molar-refractivity contribution in [2.24, 2.45) is 0 Å². The van der Waals surface area contributed by atoms with Crippen molar-refractivity contribution in [3.05, 3.63) is 22.2 Å². The Bertz CT molecular complexity index is 504. The number of aliphatic carboxylic acids is 1. The molecule has 2 N–H and O–H groups in total. The number of benzene rings is 1. The van der Waals surface area contributed by atoms with Crippen LogP contribution in [0.1, 0.15) is 23.2 Å². The van der Waals surface area contributed by atoms with Crippen LogP contribution in [0.2, 0.25) is 0 Å². The molecule has 20 heavy (non-hydrogen) atoms. The Labute approximate surface area is 125 Å². The number of methoxy groups -OCH3 is 2. The second kappa shape index (κ2) is 7.74. The fourth-order valence-corrected chi connectivity index (χ4v) is 2.20. The number of rotatable bonds is 7. The number of carbonyl (C=O) groups excluding carboxylic acids is 1. The van der Waals surface area contributed by atoms with E-state index in [1.807, 2.05) is 0 Å². The summed E-state index contributed by atoms with van der Waals surface area (Å²) in [5.74, 6) is -0.224. The summed E-state index contributed by atoms with van der Waals surface area (Å²) in [7, 11) is 2.99. The van der Waals surface area contributed by atoms with Gasteiger partial charge in [-0.2, -0.15) is 0 Å². The normalized spacial score (nSPS) is 9.95. The standard InChI is InChI=1S/C13H16BrNO5/c1-19-10-7-8(6-9(14)12(10)20-2)13(18)15-5-3-4-11(16)17/h6-7H,3-5H2,1-2H3,(H,15,18)(H,16,17). The van der Waals surface area contributed by atoms with E-state index in [2.05, 4.69) is 21.2 Å². The van der Waals surface area contributed by atoms with Crippen LogP contribution in [0.15, 0.2) is 16.6 Å². The zero-order valence-electron chi connectivity index (χ0n) is 11.2. The van der Waals surface area contributed by atoms with Gasteiger partial charge in [0.05, 0.1) is 18.7 Å². The Balaban J connectivity index is 2.73. The van der Waals surface area contributed by atoms with E-state index in [1.165, 1.54) is 14.2 Å². The minimum atomic E-state index is -0.881. The number of nitrogens with one attached hydrogen (secondary N) is 1. The van der Waals surface area contributed by atoms with Crippen LogP contribution in [-0.2, 0) is 4.79 Å². The van der Waals surface area contributed by atoms with Gasteiger partial charge in [-0.15, -0.1) is 0 Å².